The summed E-state index contributed by atoms with van der Waals surface area (Å²) in [4.78, 5) is 0. The van der Waals surface area contributed by atoms with Gasteiger partial charge in [0, 0.05) is 12.6 Å². The second kappa shape index (κ2) is 4.42. The largest absolute Gasteiger partial charge is 0.388 e. The Hall–Kier alpha value is -0.0900. The highest BCUT2D eigenvalue weighted by Crippen LogP contribution is 2.31. The van der Waals surface area contributed by atoms with E-state index < -0.39 is 9.90 Å². The predicted octanol–water partition coefficient (Wildman–Crippen LogP) is 1.75. The number of halogens is 3. The molecule has 0 aliphatic carbocycles. The van der Waals surface area contributed by atoms with E-state index in [0.29, 0.717) is 5.69 Å². The van der Waals surface area contributed by atoms with E-state index in [1.165, 1.54) is 6.20 Å². The van der Waals surface area contributed by atoms with E-state index in [1.54, 1.807) is 12.1 Å². The highest BCUT2D eigenvalue weighted by atomic mass is 35.6. The van der Waals surface area contributed by atoms with Crippen LogP contribution in [0, 0.1) is 0 Å². The number of aromatic nitrogens is 2. The van der Waals surface area contributed by atoms with E-state index in [4.69, 9.17) is 34.8 Å². The number of aliphatic hydroxyl groups is 1. The molecule has 3 nitrogen and oxygen atoms in total. The van der Waals surface area contributed by atoms with Gasteiger partial charge < -0.3 is 5.11 Å². The number of rotatable bonds is 2. The number of nitrogens with zero attached hydrogens (tertiary/aromatic N) is 2. The molecule has 1 unspecified atom stereocenters. The molecule has 13 heavy (non-hydrogen) atoms. The summed E-state index contributed by atoms with van der Waals surface area (Å²) in [6, 6.07) is 3.40. The van der Waals surface area contributed by atoms with Crippen molar-refractivity contribution in [3.63, 3.8) is 0 Å². The molecular weight excluding hydrogens is 234 g/mol. The van der Waals surface area contributed by atoms with Crippen LogP contribution in [0.1, 0.15) is 5.69 Å². The topological polar surface area (TPSA) is 46.0 Å². The Balaban J connectivity index is 2.61. The molecule has 1 atom stereocenters. The van der Waals surface area contributed by atoms with E-state index in [2.05, 4.69) is 10.2 Å². The van der Waals surface area contributed by atoms with Gasteiger partial charge >= 0.3 is 0 Å². The average Bonchev–Trinajstić information content (AvgIpc) is 2.04. The summed E-state index contributed by atoms with van der Waals surface area (Å²) in [6.45, 7) is 0. The maximum Gasteiger partial charge on any atom is 0.216 e. The molecule has 72 valence electrons. The molecule has 0 aliphatic rings. The number of hydrogen-bond donors (Lipinski definition) is 1. The molecule has 0 fully saturated rings. The molecule has 0 bridgehead atoms. The zero-order valence-electron chi connectivity index (χ0n) is 6.49. The number of aliphatic hydroxyl groups excluding tert-OH is 1. The van der Waals surface area contributed by atoms with Crippen molar-refractivity contribution < 1.29 is 5.11 Å². The molecule has 0 saturated carbocycles. The van der Waals surface area contributed by atoms with Crippen LogP contribution in [0.5, 0.6) is 0 Å². The molecule has 1 aromatic rings. The molecule has 0 spiro atoms. The Bertz CT molecular complexity index is 262. The van der Waals surface area contributed by atoms with Gasteiger partial charge in [0.05, 0.1) is 5.69 Å². The highest BCUT2D eigenvalue weighted by molar-refractivity contribution is 6.68. The third-order valence-electron chi connectivity index (χ3n) is 1.41. The van der Waals surface area contributed by atoms with Gasteiger partial charge in [-0.25, -0.2) is 0 Å². The lowest BCUT2D eigenvalue weighted by molar-refractivity contribution is 0.177. The van der Waals surface area contributed by atoms with E-state index >= 15 is 0 Å². The van der Waals surface area contributed by atoms with Crippen LogP contribution in [-0.2, 0) is 6.42 Å². The molecule has 0 amide bonds. The molecular formula is C7H7Cl3N2O. The summed E-state index contributed by atoms with van der Waals surface area (Å²) in [5.74, 6) is 0. The van der Waals surface area contributed by atoms with Crippen molar-refractivity contribution in [1.82, 2.24) is 10.2 Å². The van der Waals surface area contributed by atoms with Crippen molar-refractivity contribution in [3.05, 3.63) is 24.0 Å². The predicted molar refractivity (Wildman–Crippen MR) is 52.0 cm³/mol. The van der Waals surface area contributed by atoms with Gasteiger partial charge in [-0.05, 0) is 12.1 Å². The van der Waals surface area contributed by atoms with Gasteiger partial charge in [-0.3, -0.25) is 0 Å². The second-order valence-electron chi connectivity index (χ2n) is 2.48. The summed E-state index contributed by atoms with van der Waals surface area (Å²) in [7, 11) is 0. The normalized spacial score (nSPS) is 14.2. The van der Waals surface area contributed by atoms with Crippen LogP contribution in [0.3, 0.4) is 0 Å². The molecule has 1 rings (SSSR count). The fourth-order valence-corrected chi connectivity index (χ4v) is 0.988. The van der Waals surface area contributed by atoms with Gasteiger partial charge in [0.2, 0.25) is 3.79 Å². The van der Waals surface area contributed by atoms with Crippen LogP contribution in [0.2, 0.25) is 0 Å². The summed E-state index contributed by atoms with van der Waals surface area (Å²) in [5.41, 5.74) is 0.585. The SMILES string of the molecule is OC(Cc1cccnn1)C(Cl)(Cl)Cl. The monoisotopic (exact) mass is 240 g/mol. The number of alkyl halides is 3. The van der Waals surface area contributed by atoms with Gasteiger partial charge in [0.25, 0.3) is 0 Å². The van der Waals surface area contributed by atoms with Crippen molar-refractivity contribution >= 4 is 34.8 Å². The molecule has 0 aliphatic heterocycles. The first-order chi connectivity index (χ1) is 6.00. The third-order valence-corrected chi connectivity index (χ3v) is 2.16. The molecule has 1 N–H and O–H groups in total. The first-order valence-electron chi connectivity index (χ1n) is 3.51. The van der Waals surface area contributed by atoms with Gasteiger partial charge in [-0.1, -0.05) is 34.8 Å². The van der Waals surface area contributed by atoms with Gasteiger partial charge in [0.1, 0.15) is 6.10 Å². The van der Waals surface area contributed by atoms with Crippen molar-refractivity contribution in [2.45, 2.75) is 16.3 Å². The van der Waals surface area contributed by atoms with E-state index in [1.807, 2.05) is 0 Å². The maximum absolute atomic E-state index is 9.38. The van der Waals surface area contributed by atoms with E-state index in [0.717, 1.165) is 0 Å². The smallest absolute Gasteiger partial charge is 0.216 e. The standard InChI is InChI=1S/C7H7Cl3N2O/c8-7(9,10)6(13)4-5-2-1-3-11-12-5/h1-3,6,13H,4H2. The van der Waals surface area contributed by atoms with E-state index in [9.17, 15) is 5.11 Å². The fourth-order valence-electron chi connectivity index (χ4n) is 0.756. The van der Waals surface area contributed by atoms with E-state index in [-0.39, 0.29) is 6.42 Å². The van der Waals surface area contributed by atoms with Crippen molar-refractivity contribution in [1.29, 1.82) is 0 Å². The first-order valence-corrected chi connectivity index (χ1v) is 4.65. The lowest BCUT2D eigenvalue weighted by atomic mass is 10.2. The lowest BCUT2D eigenvalue weighted by Gasteiger charge is -2.17. The van der Waals surface area contributed by atoms with Gasteiger partial charge in [0.15, 0.2) is 0 Å². The molecule has 6 heteroatoms. The van der Waals surface area contributed by atoms with Crippen LogP contribution >= 0.6 is 34.8 Å². The van der Waals surface area contributed by atoms with Crippen LogP contribution < -0.4 is 0 Å². The summed E-state index contributed by atoms with van der Waals surface area (Å²) in [5, 5.41) is 16.8. The Morgan fingerprint density at radius 1 is 1.46 bits per heavy atom. The van der Waals surface area contributed by atoms with Crippen LogP contribution in [0.25, 0.3) is 0 Å². The Kier molecular flexibility index (Phi) is 3.74. The molecule has 0 radical (unpaired) electrons. The van der Waals surface area contributed by atoms with Crippen molar-refractivity contribution in [2.75, 3.05) is 0 Å². The fraction of sp³-hybridized carbons (Fsp3) is 0.429. The zero-order valence-corrected chi connectivity index (χ0v) is 8.76. The molecule has 1 aromatic heterocycles. The quantitative estimate of drug-likeness (QED) is 0.803. The van der Waals surface area contributed by atoms with Crippen LogP contribution in [0.15, 0.2) is 18.3 Å². The second-order valence-corrected chi connectivity index (χ2v) is 4.85. The Morgan fingerprint density at radius 3 is 2.62 bits per heavy atom. The van der Waals surface area contributed by atoms with Gasteiger partial charge in [-0.15, -0.1) is 0 Å². The Labute approximate surface area is 90.6 Å². The third kappa shape index (κ3) is 3.65. The minimum absolute atomic E-state index is 0.171. The summed E-state index contributed by atoms with van der Waals surface area (Å²) >= 11 is 16.4. The van der Waals surface area contributed by atoms with Crippen molar-refractivity contribution in [2.24, 2.45) is 0 Å². The minimum atomic E-state index is -1.68. The van der Waals surface area contributed by atoms with Crippen LogP contribution in [0.4, 0.5) is 0 Å². The Morgan fingerprint density at radius 2 is 2.15 bits per heavy atom. The number of hydrogen-bond acceptors (Lipinski definition) is 3. The molecule has 1 heterocycles. The summed E-state index contributed by atoms with van der Waals surface area (Å²) < 4.78 is -1.68. The zero-order chi connectivity index (χ0) is 9.90. The first kappa shape index (κ1) is 11.0. The minimum Gasteiger partial charge on any atom is -0.388 e. The highest BCUT2D eigenvalue weighted by Gasteiger charge is 2.30. The van der Waals surface area contributed by atoms with Crippen molar-refractivity contribution in [3.8, 4) is 0 Å². The van der Waals surface area contributed by atoms with Gasteiger partial charge in [-0.2, -0.15) is 10.2 Å². The maximum atomic E-state index is 9.38. The molecule has 0 saturated heterocycles. The summed E-state index contributed by atoms with van der Waals surface area (Å²) in [6.07, 6.45) is 0.629. The van der Waals surface area contributed by atoms with Crippen LogP contribution in [-0.4, -0.2) is 25.2 Å². The average molecular weight is 242 g/mol. The lowest BCUT2D eigenvalue weighted by Crippen LogP contribution is -2.27. The molecule has 0 aromatic carbocycles.